The first-order chi connectivity index (χ1) is 6.65. The van der Waals surface area contributed by atoms with Crippen LogP contribution < -0.4 is 5.73 Å². The molecule has 2 rings (SSSR count). The Hall–Kier alpha value is -1.29. The molecule has 4 nitrogen and oxygen atoms in total. The van der Waals surface area contributed by atoms with E-state index in [0.717, 1.165) is 11.5 Å². The minimum absolute atomic E-state index is 0.0152. The summed E-state index contributed by atoms with van der Waals surface area (Å²) in [6.07, 6.45) is 0.458. The van der Waals surface area contributed by atoms with Gasteiger partial charge in [-0.1, -0.05) is 0 Å². The van der Waals surface area contributed by atoms with Gasteiger partial charge in [-0.05, 0) is 19.1 Å². The number of nitrogens with two attached hydrogens (primary N) is 1. The molecule has 0 aromatic carbocycles. The van der Waals surface area contributed by atoms with Crippen molar-refractivity contribution in [1.82, 2.24) is 4.90 Å². The molecule has 0 bridgehead atoms. The summed E-state index contributed by atoms with van der Waals surface area (Å²) in [6, 6.07) is 3.78. The van der Waals surface area contributed by atoms with Crippen molar-refractivity contribution in [2.24, 2.45) is 5.73 Å². The Morgan fingerprint density at radius 2 is 2.43 bits per heavy atom. The average Bonchev–Trinajstić information content (AvgIpc) is 2.61. The van der Waals surface area contributed by atoms with Crippen molar-refractivity contribution in [1.29, 1.82) is 0 Å². The van der Waals surface area contributed by atoms with E-state index in [1.54, 1.807) is 4.90 Å². The van der Waals surface area contributed by atoms with Gasteiger partial charge in [-0.15, -0.1) is 0 Å². The first-order valence-corrected chi connectivity index (χ1v) is 4.74. The molecule has 1 aromatic rings. The minimum Gasteiger partial charge on any atom is -0.464 e. The van der Waals surface area contributed by atoms with E-state index in [9.17, 15) is 4.79 Å². The van der Waals surface area contributed by atoms with Gasteiger partial charge in [0.25, 0.3) is 0 Å². The second-order valence-electron chi connectivity index (χ2n) is 3.75. The van der Waals surface area contributed by atoms with Crippen LogP contribution in [0.1, 0.15) is 17.9 Å². The highest BCUT2D eigenvalue weighted by Crippen LogP contribution is 2.15. The highest BCUT2D eigenvalue weighted by atomic mass is 16.3. The predicted molar refractivity (Wildman–Crippen MR) is 51.5 cm³/mol. The van der Waals surface area contributed by atoms with Crippen LogP contribution in [0, 0.1) is 6.92 Å². The fraction of sp³-hybridized carbons (Fsp3) is 0.500. The van der Waals surface area contributed by atoms with Crippen molar-refractivity contribution in [3.63, 3.8) is 0 Å². The monoisotopic (exact) mass is 194 g/mol. The maximum Gasteiger partial charge on any atom is 0.224 e. The smallest absolute Gasteiger partial charge is 0.224 e. The van der Waals surface area contributed by atoms with Gasteiger partial charge in [0.05, 0.1) is 6.54 Å². The van der Waals surface area contributed by atoms with E-state index in [4.69, 9.17) is 10.2 Å². The molecular formula is C10H14N2O2. The third-order valence-corrected chi connectivity index (χ3v) is 2.39. The maximum absolute atomic E-state index is 11.4. The quantitative estimate of drug-likeness (QED) is 0.751. The van der Waals surface area contributed by atoms with Crippen LogP contribution in [0.5, 0.6) is 0 Å². The molecule has 1 aliphatic rings. The summed E-state index contributed by atoms with van der Waals surface area (Å²) in [7, 11) is 0. The zero-order chi connectivity index (χ0) is 10.1. The summed E-state index contributed by atoms with van der Waals surface area (Å²) in [4.78, 5) is 13.1. The Morgan fingerprint density at radius 3 is 2.93 bits per heavy atom. The third kappa shape index (κ3) is 1.80. The van der Waals surface area contributed by atoms with E-state index >= 15 is 0 Å². The normalized spacial score (nSPS) is 22.0. The molecule has 1 aromatic heterocycles. The lowest BCUT2D eigenvalue weighted by Crippen LogP contribution is -2.27. The summed E-state index contributed by atoms with van der Waals surface area (Å²) >= 11 is 0. The highest BCUT2D eigenvalue weighted by Gasteiger charge is 2.27. The van der Waals surface area contributed by atoms with E-state index in [1.165, 1.54) is 0 Å². The number of hydrogen-bond acceptors (Lipinski definition) is 3. The molecule has 1 aliphatic heterocycles. The standard InChI is InChI=1S/C10H14N2O2/c1-7-2-3-9(14-7)6-12-5-8(11)4-10(12)13/h2-3,8H,4-6,11H2,1H3. The number of furan rings is 1. The fourth-order valence-electron chi connectivity index (χ4n) is 1.71. The van der Waals surface area contributed by atoms with Crippen LogP contribution >= 0.6 is 0 Å². The molecule has 4 heteroatoms. The lowest BCUT2D eigenvalue weighted by molar-refractivity contribution is -0.128. The number of carbonyl (C=O) groups excluding carboxylic acids is 1. The van der Waals surface area contributed by atoms with E-state index in [-0.39, 0.29) is 11.9 Å². The van der Waals surface area contributed by atoms with E-state index in [1.807, 2.05) is 19.1 Å². The zero-order valence-corrected chi connectivity index (χ0v) is 8.19. The van der Waals surface area contributed by atoms with Gasteiger partial charge in [-0.3, -0.25) is 4.79 Å². The van der Waals surface area contributed by atoms with E-state index < -0.39 is 0 Å². The van der Waals surface area contributed by atoms with Gasteiger partial charge < -0.3 is 15.1 Å². The summed E-state index contributed by atoms with van der Waals surface area (Å²) < 4.78 is 5.39. The number of amides is 1. The number of hydrogen-bond donors (Lipinski definition) is 1. The first kappa shape index (κ1) is 9.27. The van der Waals surface area contributed by atoms with Crippen molar-refractivity contribution >= 4 is 5.91 Å². The van der Waals surface area contributed by atoms with Crippen LogP contribution in [0.3, 0.4) is 0 Å². The molecule has 1 saturated heterocycles. The summed E-state index contributed by atoms with van der Waals surface area (Å²) in [5.74, 6) is 1.81. The number of rotatable bonds is 2. The Labute approximate surface area is 82.7 Å². The van der Waals surface area contributed by atoms with Gasteiger partial charge in [0.2, 0.25) is 5.91 Å². The average molecular weight is 194 g/mol. The molecule has 0 aliphatic carbocycles. The van der Waals surface area contributed by atoms with Crippen LogP contribution in [0.4, 0.5) is 0 Å². The second-order valence-corrected chi connectivity index (χ2v) is 3.75. The van der Waals surface area contributed by atoms with Crippen molar-refractivity contribution < 1.29 is 9.21 Å². The largest absolute Gasteiger partial charge is 0.464 e. The molecule has 14 heavy (non-hydrogen) atoms. The first-order valence-electron chi connectivity index (χ1n) is 4.74. The van der Waals surface area contributed by atoms with Crippen LogP contribution in [0.2, 0.25) is 0 Å². The van der Waals surface area contributed by atoms with Gasteiger partial charge in [0.15, 0.2) is 0 Å². The molecule has 1 amide bonds. The number of nitrogens with zero attached hydrogens (tertiary/aromatic N) is 1. The molecule has 0 radical (unpaired) electrons. The van der Waals surface area contributed by atoms with Gasteiger partial charge in [0.1, 0.15) is 11.5 Å². The van der Waals surface area contributed by atoms with Gasteiger partial charge in [-0.2, -0.15) is 0 Å². The van der Waals surface area contributed by atoms with Crippen LogP contribution in [-0.2, 0) is 11.3 Å². The summed E-state index contributed by atoms with van der Waals surface area (Å²) in [6.45, 7) is 3.07. The van der Waals surface area contributed by atoms with E-state index in [2.05, 4.69) is 0 Å². The summed E-state index contributed by atoms with van der Waals surface area (Å²) in [5.41, 5.74) is 5.68. The SMILES string of the molecule is Cc1ccc(CN2CC(N)CC2=O)o1. The van der Waals surface area contributed by atoms with Crippen LogP contribution in [-0.4, -0.2) is 23.4 Å². The molecule has 1 unspecified atom stereocenters. The Bertz CT molecular complexity index is 346. The Morgan fingerprint density at radius 1 is 1.64 bits per heavy atom. The minimum atomic E-state index is -0.0152. The third-order valence-electron chi connectivity index (χ3n) is 2.39. The molecule has 0 saturated carbocycles. The molecular weight excluding hydrogens is 180 g/mol. The lowest BCUT2D eigenvalue weighted by Gasteiger charge is -2.13. The molecule has 76 valence electrons. The van der Waals surface area contributed by atoms with Crippen molar-refractivity contribution in [2.45, 2.75) is 25.9 Å². The number of aryl methyl sites for hydroxylation is 1. The number of likely N-dealkylation sites (tertiary alicyclic amines) is 1. The van der Waals surface area contributed by atoms with Gasteiger partial charge >= 0.3 is 0 Å². The van der Waals surface area contributed by atoms with E-state index in [0.29, 0.717) is 19.5 Å². The predicted octanol–water partition coefficient (Wildman–Crippen LogP) is 0.648. The summed E-state index contributed by atoms with van der Waals surface area (Å²) in [5, 5.41) is 0. The maximum atomic E-state index is 11.4. The topological polar surface area (TPSA) is 59.5 Å². The van der Waals surface area contributed by atoms with Gasteiger partial charge in [0, 0.05) is 19.0 Å². The second kappa shape index (κ2) is 3.46. The zero-order valence-electron chi connectivity index (χ0n) is 8.19. The molecule has 2 N–H and O–H groups in total. The molecule has 1 fully saturated rings. The van der Waals surface area contributed by atoms with Crippen molar-refractivity contribution in [3.8, 4) is 0 Å². The molecule has 0 spiro atoms. The lowest BCUT2D eigenvalue weighted by atomic mass is 10.3. The number of carbonyl (C=O) groups is 1. The van der Waals surface area contributed by atoms with Crippen molar-refractivity contribution in [2.75, 3.05) is 6.54 Å². The van der Waals surface area contributed by atoms with Crippen molar-refractivity contribution in [3.05, 3.63) is 23.7 Å². The fourth-order valence-corrected chi connectivity index (χ4v) is 1.71. The highest BCUT2D eigenvalue weighted by molar-refractivity contribution is 5.79. The molecule has 1 atom stereocenters. The Balaban J connectivity index is 2.01. The Kier molecular flexibility index (Phi) is 2.29. The van der Waals surface area contributed by atoms with Crippen LogP contribution in [0.15, 0.2) is 16.5 Å². The van der Waals surface area contributed by atoms with Crippen LogP contribution in [0.25, 0.3) is 0 Å². The van der Waals surface area contributed by atoms with Gasteiger partial charge in [-0.25, -0.2) is 0 Å². The molecule has 2 heterocycles.